The van der Waals surface area contributed by atoms with Crippen molar-refractivity contribution in [1.29, 1.82) is 0 Å². The van der Waals surface area contributed by atoms with E-state index in [2.05, 4.69) is 35.2 Å². The molecule has 1 amide bonds. The minimum absolute atomic E-state index is 0.398. The Morgan fingerprint density at radius 2 is 1.73 bits per heavy atom. The van der Waals surface area contributed by atoms with Crippen LogP contribution in [0.25, 0.3) is 0 Å². The Kier molecular flexibility index (Phi) is 5.53. The third-order valence-electron chi connectivity index (χ3n) is 5.54. The highest BCUT2D eigenvalue weighted by molar-refractivity contribution is 5.76. The fourth-order valence-electron chi connectivity index (χ4n) is 4.15. The van der Waals surface area contributed by atoms with Crippen LogP contribution in [0.1, 0.15) is 69.3 Å². The van der Waals surface area contributed by atoms with Crippen LogP contribution in [-0.2, 0) is 4.79 Å². The first-order chi connectivity index (χ1) is 10.8. The molecular formula is C20H29NO. The lowest BCUT2D eigenvalue weighted by Crippen LogP contribution is -2.34. The first-order valence-electron chi connectivity index (χ1n) is 9.15. The van der Waals surface area contributed by atoms with Crippen LogP contribution < -0.4 is 0 Å². The Labute approximate surface area is 134 Å². The third-order valence-corrected chi connectivity index (χ3v) is 5.54. The van der Waals surface area contributed by atoms with E-state index in [9.17, 15) is 4.79 Å². The lowest BCUT2D eigenvalue weighted by atomic mass is 9.94. The van der Waals surface area contributed by atoms with Crippen LogP contribution in [0.5, 0.6) is 0 Å². The minimum Gasteiger partial charge on any atom is -0.342 e. The van der Waals surface area contributed by atoms with Crippen molar-refractivity contribution in [3.05, 3.63) is 35.9 Å². The van der Waals surface area contributed by atoms with Gasteiger partial charge in [0.25, 0.3) is 0 Å². The summed E-state index contributed by atoms with van der Waals surface area (Å²) in [6.45, 7) is 1.89. The van der Waals surface area contributed by atoms with Crippen LogP contribution in [0.4, 0.5) is 0 Å². The Bertz CT molecular complexity index is 464. The van der Waals surface area contributed by atoms with Gasteiger partial charge in [-0.1, -0.05) is 62.4 Å². The van der Waals surface area contributed by atoms with E-state index in [1.54, 1.807) is 0 Å². The second-order valence-corrected chi connectivity index (χ2v) is 7.13. The van der Waals surface area contributed by atoms with Crippen molar-refractivity contribution in [2.24, 2.45) is 5.92 Å². The molecule has 1 heterocycles. The topological polar surface area (TPSA) is 20.3 Å². The SMILES string of the molecule is O=C(CCC1CCCC1)N1CCCCC(c2ccccc2)C1. The largest absolute Gasteiger partial charge is 0.342 e. The number of benzene rings is 1. The summed E-state index contributed by atoms with van der Waals surface area (Å²) in [5.74, 6) is 1.75. The van der Waals surface area contributed by atoms with Crippen molar-refractivity contribution >= 4 is 5.91 Å². The second kappa shape index (κ2) is 7.80. The van der Waals surface area contributed by atoms with Crippen molar-refractivity contribution in [1.82, 2.24) is 4.90 Å². The molecule has 0 aromatic heterocycles. The van der Waals surface area contributed by atoms with Gasteiger partial charge in [0, 0.05) is 25.4 Å². The molecule has 0 bridgehead atoms. The summed E-state index contributed by atoms with van der Waals surface area (Å²) in [5, 5.41) is 0. The Morgan fingerprint density at radius 1 is 1.00 bits per heavy atom. The van der Waals surface area contributed by atoms with Gasteiger partial charge in [-0.25, -0.2) is 0 Å². The molecule has 120 valence electrons. The van der Waals surface area contributed by atoms with Crippen molar-refractivity contribution in [3.8, 4) is 0 Å². The zero-order valence-corrected chi connectivity index (χ0v) is 13.7. The van der Waals surface area contributed by atoms with Gasteiger partial charge in [0.2, 0.25) is 5.91 Å². The van der Waals surface area contributed by atoms with Crippen molar-refractivity contribution in [2.45, 2.75) is 63.7 Å². The number of amides is 1. The summed E-state index contributed by atoms with van der Waals surface area (Å²) in [6.07, 6.45) is 11.0. The van der Waals surface area contributed by atoms with Gasteiger partial charge in [-0.15, -0.1) is 0 Å². The minimum atomic E-state index is 0.398. The Balaban J connectivity index is 1.56. The molecule has 0 spiro atoms. The molecule has 1 aliphatic carbocycles. The van der Waals surface area contributed by atoms with E-state index in [0.717, 1.165) is 31.8 Å². The highest BCUT2D eigenvalue weighted by atomic mass is 16.2. The molecule has 0 radical (unpaired) electrons. The molecule has 1 aromatic rings. The zero-order chi connectivity index (χ0) is 15.2. The van der Waals surface area contributed by atoms with Crippen molar-refractivity contribution in [3.63, 3.8) is 0 Å². The number of hydrogen-bond donors (Lipinski definition) is 0. The smallest absolute Gasteiger partial charge is 0.222 e. The van der Waals surface area contributed by atoms with Crippen LogP contribution in [0.3, 0.4) is 0 Å². The van der Waals surface area contributed by atoms with E-state index < -0.39 is 0 Å². The van der Waals surface area contributed by atoms with Gasteiger partial charge >= 0.3 is 0 Å². The predicted octanol–water partition coefficient (Wildman–Crippen LogP) is 4.75. The van der Waals surface area contributed by atoms with Gasteiger partial charge in [0.1, 0.15) is 0 Å². The van der Waals surface area contributed by atoms with Gasteiger partial charge < -0.3 is 4.90 Å². The number of rotatable bonds is 4. The van der Waals surface area contributed by atoms with E-state index in [-0.39, 0.29) is 0 Å². The van der Waals surface area contributed by atoms with E-state index in [0.29, 0.717) is 11.8 Å². The van der Waals surface area contributed by atoms with E-state index in [4.69, 9.17) is 0 Å². The summed E-state index contributed by atoms with van der Waals surface area (Å²) >= 11 is 0. The molecule has 22 heavy (non-hydrogen) atoms. The van der Waals surface area contributed by atoms with Gasteiger partial charge in [-0.2, -0.15) is 0 Å². The molecule has 1 aliphatic heterocycles. The molecule has 3 rings (SSSR count). The lowest BCUT2D eigenvalue weighted by molar-refractivity contribution is -0.131. The average Bonchev–Trinajstić information content (AvgIpc) is 2.96. The van der Waals surface area contributed by atoms with Gasteiger partial charge in [-0.3, -0.25) is 4.79 Å². The molecular weight excluding hydrogens is 270 g/mol. The standard InChI is InChI=1S/C20H29NO/c22-20(14-13-17-8-4-5-9-17)21-15-7-6-12-19(16-21)18-10-2-1-3-11-18/h1-3,10-11,17,19H,4-9,12-16H2. The summed E-state index contributed by atoms with van der Waals surface area (Å²) in [4.78, 5) is 14.8. The average molecular weight is 299 g/mol. The summed E-state index contributed by atoms with van der Waals surface area (Å²) < 4.78 is 0. The Hall–Kier alpha value is -1.31. The van der Waals surface area contributed by atoms with Crippen LogP contribution in [0.2, 0.25) is 0 Å². The van der Waals surface area contributed by atoms with E-state index in [1.807, 2.05) is 0 Å². The molecule has 1 atom stereocenters. The summed E-state index contributed by atoms with van der Waals surface area (Å²) in [7, 11) is 0. The number of likely N-dealkylation sites (tertiary alicyclic amines) is 1. The number of carbonyl (C=O) groups excluding carboxylic acids is 1. The molecule has 2 nitrogen and oxygen atoms in total. The maximum atomic E-state index is 12.6. The molecule has 1 unspecified atom stereocenters. The van der Waals surface area contributed by atoms with Gasteiger partial charge in [0.15, 0.2) is 0 Å². The van der Waals surface area contributed by atoms with Gasteiger partial charge in [0.05, 0.1) is 0 Å². The second-order valence-electron chi connectivity index (χ2n) is 7.13. The monoisotopic (exact) mass is 299 g/mol. The normalized spacial score (nSPS) is 23.5. The van der Waals surface area contributed by atoms with Crippen LogP contribution in [0, 0.1) is 5.92 Å². The zero-order valence-electron chi connectivity index (χ0n) is 13.7. The highest BCUT2D eigenvalue weighted by Gasteiger charge is 2.24. The molecule has 1 saturated heterocycles. The first-order valence-corrected chi connectivity index (χ1v) is 9.15. The van der Waals surface area contributed by atoms with Crippen molar-refractivity contribution < 1.29 is 4.79 Å². The highest BCUT2D eigenvalue weighted by Crippen LogP contribution is 2.30. The number of hydrogen-bond acceptors (Lipinski definition) is 1. The number of nitrogens with zero attached hydrogens (tertiary/aromatic N) is 1. The lowest BCUT2D eigenvalue weighted by Gasteiger charge is -2.25. The van der Waals surface area contributed by atoms with Crippen molar-refractivity contribution in [2.75, 3.05) is 13.1 Å². The predicted molar refractivity (Wildman–Crippen MR) is 90.8 cm³/mol. The summed E-state index contributed by atoms with van der Waals surface area (Å²) in [6, 6.07) is 10.7. The van der Waals surface area contributed by atoms with E-state index >= 15 is 0 Å². The summed E-state index contributed by atoms with van der Waals surface area (Å²) in [5.41, 5.74) is 1.40. The Morgan fingerprint density at radius 3 is 2.50 bits per heavy atom. The number of carbonyl (C=O) groups is 1. The molecule has 2 fully saturated rings. The third kappa shape index (κ3) is 4.12. The van der Waals surface area contributed by atoms with Crippen LogP contribution in [-0.4, -0.2) is 23.9 Å². The van der Waals surface area contributed by atoms with Crippen LogP contribution >= 0.6 is 0 Å². The van der Waals surface area contributed by atoms with Crippen LogP contribution in [0.15, 0.2) is 30.3 Å². The van der Waals surface area contributed by atoms with E-state index in [1.165, 1.54) is 50.5 Å². The first kappa shape index (κ1) is 15.6. The molecule has 1 aromatic carbocycles. The molecule has 0 N–H and O–H groups in total. The molecule has 2 aliphatic rings. The molecule has 1 saturated carbocycles. The molecule has 2 heteroatoms. The maximum absolute atomic E-state index is 12.6. The maximum Gasteiger partial charge on any atom is 0.222 e. The fraction of sp³-hybridized carbons (Fsp3) is 0.650. The van der Waals surface area contributed by atoms with Gasteiger partial charge in [-0.05, 0) is 30.7 Å². The fourth-order valence-corrected chi connectivity index (χ4v) is 4.15. The quantitative estimate of drug-likeness (QED) is 0.785.